The molecule has 1 aromatic heterocycles. The highest BCUT2D eigenvalue weighted by molar-refractivity contribution is 5.89. The number of urea groups is 1. The fraction of sp³-hybridized carbons (Fsp3) is 0.211. The third kappa shape index (κ3) is 4.44. The summed E-state index contributed by atoms with van der Waals surface area (Å²) in [6.07, 6.45) is 0. The summed E-state index contributed by atoms with van der Waals surface area (Å²) in [7, 11) is 0. The summed E-state index contributed by atoms with van der Waals surface area (Å²) in [5.41, 5.74) is 2.23. The molecule has 0 unspecified atom stereocenters. The van der Waals surface area contributed by atoms with Gasteiger partial charge in [-0.2, -0.15) is 4.98 Å². The fourth-order valence-electron chi connectivity index (χ4n) is 2.24. The lowest BCUT2D eigenvalue weighted by Crippen LogP contribution is -2.28. The zero-order valence-corrected chi connectivity index (χ0v) is 14.5. The van der Waals surface area contributed by atoms with Gasteiger partial charge in [0.15, 0.2) is 5.82 Å². The second-order valence-corrected chi connectivity index (χ2v) is 6.12. The van der Waals surface area contributed by atoms with Crippen molar-refractivity contribution in [3.63, 3.8) is 0 Å². The quantitative estimate of drug-likeness (QED) is 0.715. The van der Waals surface area contributed by atoms with Gasteiger partial charge in [-0.15, -0.1) is 0 Å². The second-order valence-electron chi connectivity index (χ2n) is 6.12. The van der Waals surface area contributed by atoms with Crippen LogP contribution in [-0.4, -0.2) is 16.2 Å². The maximum absolute atomic E-state index is 12.9. The van der Waals surface area contributed by atoms with Crippen molar-refractivity contribution < 1.29 is 13.7 Å². The number of aromatic nitrogens is 2. The smallest absolute Gasteiger partial charge is 0.319 e. The molecule has 3 aromatic rings. The Morgan fingerprint density at radius 3 is 2.42 bits per heavy atom. The molecule has 0 aliphatic rings. The van der Waals surface area contributed by atoms with E-state index in [9.17, 15) is 9.18 Å². The molecule has 0 aliphatic heterocycles. The molecule has 0 fully saturated rings. The van der Waals surface area contributed by atoms with E-state index in [-0.39, 0.29) is 17.8 Å². The number of anilines is 1. The lowest BCUT2D eigenvalue weighted by atomic mass is 10.2. The zero-order valence-electron chi connectivity index (χ0n) is 14.5. The van der Waals surface area contributed by atoms with Gasteiger partial charge in [0.25, 0.3) is 5.89 Å². The van der Waals surface area contributed by atoms with E-state index in [2.05, 4.69) is 20.8 Å². The molecule has 2 aromatic carbocycles. The van der Waals surface area contributed by atoms with Crippen LogP contribution in [-0.2, 0) is 6.54 Å². The van der Waals surface area contributed by atoms with Crippen molar-refractivity contribution in [3.8, 4) is 11.5 Å². The molecule has 0 aliphatic carbocycles. The predicted molar refractivity (Wildman–Crippen MR) is 96.1 cm³/mol. The van der Waals surface area contributed by atoms with Crippen LogP contribution in [0.5, 0.6) is 0 Å². The molecule has 6 nitrogen and oxygen atoms in total. The minimum Gasteiger partial charge on any atom is -0.334 e. The largest absolute Gasteiger partial charge is 0.334 e. The first-order valence-electron chi connectivity index (χ1n) is 8.24. The number of amides is 2. The van der Waals surface area contributed by atoms with Crippen LogP contribution in [0.25, 0.3) is 11.5 Å². The van der Waals surface area contributed by atoms with Crippen molar-refractivity contribution in [1.29, 1.82) is 0 Å². The minimum absolute atomic E-state index is 0.193. The summed E-state index contributed by atoms with van der Waals surface area (Å²) in [6, 6.07) is 12.7. The van der Waals surface area contributed by atoms with Gasteiger partial charge in [-0.3, -0.25) is 0 Å². The number of halogens is 1. The summed E-state index contributed by atoms with van der Waals surface area (Å²) in [6.45, 7) is 4.29. The predicted octanol–water partition coefficient (Wildman–Crippen LogP) is 4.32. The number of carbonyl (C=O) groups excluding carboxylic acids is 1. The highest BCUT2D eigenvalue weighted by Crippen LogP contribution is 2.21. The molecule has 0 bridgehead atoms. The maximum atomic E-state index is 12.9. The summed E-state index contributed by atoms with van der Waals surface area (Å²) in [4.78, 5) is 16.3. The van der Waals surface area contributed by atoms with E-state index in [1.54, 1.807) is 36.4 Å². The van der Waals surface area contributed by atoms with E-state index in [1.807, 2.05) is 13.8 Å². The Labute approximate surface area is 150 Å². The molecule has 0 radical (unpaired) electrons. The van der Waals surface area contributed by atoms with Crippen LogP contribution in [0.15, 0.2) is 53.1 Å². The molecule has 3 rings (SSSR count). The van der Waals surface area contributed by atoms with Gasteiger partial charge in [-0.1, -0.05) is 31.1 Å². The van der Waals surface area contributed by atoms with Gasteiger partial charge in [0, 0.05) is 23.7 Å². The van der Waals surface area contributed by atoms with E-state index in [0.29, 0.717) is 23.9 Å². The molecule has 0 saturated heterocycles. The lowest BCUT2D eigenvalue weighted by Gasteiger charge is -2.08. The molecule has 0 spiro atoms. The van der Waals surface area contributed by atoms with Gasteiger partial charge < -0.3 is 15.2 Å². The third-order valence-corrected chi connectivity index (χ3v) is 3.71. The number of nitrogens with zero attached hydrogens (tertiary/aromatic N) is 2. The van der Waals surface area contributed by atoms with Gasteiger partial charge >= 0.3 is 6.03 Å². The van der Waals surface area contributed by atoms with Crippen LogP contribution in [0.1, 0.15) is 31.2 Å². The van der Waals surface area contributed by atoms with E-state index < -0.39 is 0 Å². The normalized spacial score (nSPS) is 10.8. The molecule has 7 heteroatoms. The van der Waals surface area contributed by atoms with Crippen LogP contribution in [0, 0.1) is 5.82 Å². The van der Waals surface area contributed by atoms with Crippen LogP contribution in [0.4, 0.5) is 14.9 Å². The molecule has 1 heterocycles. The van der Waals surface area contributed by atoms with Gasteiger partial charge in [0.2, 0.25) is 0 Å². The minimum atomic E-state index is -0.345. The number of hydrogen-bond acceptors (Lipinski definition) is 4. The first-order chi connectivity index (χ1) is 12.5. The number of hydrogen-bond donors (Lipinski definition) is 2. The van der Waals surface area contributed by atoms with Crippen molar-refractivity contribution >= 4 is 11.7 Å². The number of benzene rings is 2. The third-order valence-electron chi connectivity index (χ3n) is 3.71. The first-order valence-corrected chi connectivity index (χ1v) is 8.24. The second kappa shape index (κ2) is 7.77. The lowest BCUT2D eigenvalue weighted by molar-refractivity contribution is 0.251. The van der Waals surface area contributed by atoms with Crippen LogP contribution in [0.2, 0.25) is 0 Å². The molecule has 0 saturated carbocycles. The number of carbonyl (C=O) groups is 1. The van der Waals surface area contributed by atoms with Gasteiger partial charge in [0.05, 0.1) is 0 Å². The van der Waals surface area contributed by atoms with Gasteiger partial charge in [0.1, 0.15) is 5.82 Å². The first kappa shape index (κ1) is 17.6. The Hall–Kier alpha value is -3.22. The Kier molecular flexibility index (Phi) is 5.26. The molecular formula is C19H19FN4O2. The van der Waals surface area contributed by atoms with E-state index in [1.165, 1.54) is 12.1 Å². The average molecular weight is 354 g/mol. The van der Waals surface area contributed by atoms with Gasteiger partial charge in [-0.05, 0) is 42.0 Å². The van der Waals surface area contributed by atoms with E-state index in [4.69, 9.17) is 4.52 Å². The van der Waals surface area contributed by atoms with E-state index >= 15 is 0 Å². The highest BCUT2D eigenvalue weighted by Gasteiger charge is 2.11. The molecular weight excluding hydrogens is 335 g/mol. The zero-order chi connectivity index (χ0) is 18.5. The molecule has 0 atom stereocenters. The van der Waals surface area contributed by atoms with Gasteiger partial charge in [-0.25, -0.2) is 9.18 Å². The monoisotopic (exact) mass is 354 g/mol. The number of nitrogens with one attached hydrogen (secondary N) is 2. The maximum Gasteiger partial charge on any atom is 0.319 e. The SMILES string of the molecule is CC(C)c1noc(-c2ccc(NC(=O)NCc3ccc(F)cc3)cc2)n1. The van der Waals surface area contributed by atoms with Crippen molar-refractivity contribution in [2.24, 2.45) is 0 Å². The summed E-state index contributed by atoms with van der Waals surface area (Å²) < 4.78 is 18.1. The van der Waals surface area contributed by atoms with Crippen LogP contribution < -0.4 is 10.6 Å². The standard InChI is InChI=1S/C19H19FN4O2/c1-12(2)17-23-18(26-24-17)14-5-9-16(10-6-14)22-19(25)21-11-13-3-7-15(20)8-4-13/h3-10,12H,11H2,1-2H3,(H2,21,22,25). The van der Waals surface area contributed by atoms with Crippen molar-refractivity contribution in [2.75, 3.05) is 5.32 Å². The topological polar surface area (TPSA) is 80.0 Å². The molecule has 2 amide bonds. The van der Waals surface area contributed by atoms with Crippen LogP contribution >= 0.6 is 0 Å². The number of rotatable bonds is 5. The Morgan fingerprint density at radius 1 is 1.12 bits per heavy atom. The Balaban J connectivity index is 1.56. The Bertz CT molecular complexity index is 873. The Morgan fingerprint density at radius 2 is 1.81 bits per heavy atom. The highest BCUT2D eigenvalue weighted by atomic mass is 19.1. The summed E-state index contributed by atoms with van der Waals surface area (Å²) in [5, 5.41) is 9.38. The average Bonchev–Trinajstić information content (AvgIpc) is 3.12. The fourth-order valence-corrected chi connectivity index (χ4v) is 2.24. The molecule has 26 heavy (non-hydrogen) atoms. The van der Waals surface area contributed by atoms with Crippen molar-refractivity contribution in [1.82, 2.24) is 15.5 Å². The van der Waals surface area contributed by atoms with E-state index in [0.717, 1.165) is 11.1 Å². The van der Waals surface area contributed by atoms with Crippen LogP contribution in [0.3, 0.4) is 0 Å². The molecule has 2 N–H and O–H groups in total. The van der Waals surface area contributed by atoms with Crippen molar-refractivity contribution in [3.05, 3.63) is 65.7 Å². The summed E-state index contributed by atoms with van der Waals surface area (Å²) >= 11 is 0. The molecule has 134 valence electrons. The summed E-state index contributed by atoms with van der Waals surface area (Å²) in [5.74, 6) is 0.988. The van der Waals surface area contributed by atoms with Crippen molar-refractivity contribution in [2.45, 2.75) is 26.3 Å².